The topological polar surface area (TPSA) is 44.5 Å². The number of ether oxygens (including phenoxy) is 2. The Morgan fingerprint density at radius 3 is 2.29 bits per heavy atom. The zero-order chi connectivity index (χ0) is 14.8. The highest BCUT2D eigenvalue weighted by Crippen LogP contribution is 2.32. The van der Waals surface area contributed by atoms with Crippen LogP contribution in [0.3, 0.4) is 0 Å². The molecular weight excluding hydrogens is 262 g/mol. The van der Waals surface area contributed by atoms with E-state index in [2.05, 4.69) is 18.2 Å². The summed E-state index contributed by atoms with van der Waals surface area (Å²) in [6.07, 6.45) is 3.62. The predicted molar refractivity (Wildman–Crippen MR) is 84.0 cm³/mol. The summed E-state index contributed by atoms with van der Waals surface area (Å²) in [6, 6.07) is 12.3. The second-order valence-corrected chi connectivity index (χ2v) is 5.47. The lowest BCUT2D eigenvalue weighted by atomic mass is 9.96. The van der Waals surface area contributed by atoms with Crippen molar-refractivity contribution in [3.8, 4) is 11.5 Å². The molecule has 2 aromatic carbocycles. The van der Waals surface area contributed by atoms with Crippen molar-refractivity contribution >= 4 is 0 Å². The van der Waals surface area contributed by atoms with Gasteiger partial charge in [0.25, 0.3) is 0 Å². The van der Waals surface area contributed by atoms with Crippen molar-refractivity contribution in [3.63, 3.8) is 0 Å². The molecule has 0 radical (unpaired) electrons. The molecule has 3 rings (SSSR count). The molecule has 21 heavy (non-hydrogen) atoms. The number of methoxy groups -OCH3 is 2. The van der Waals surface area contributed by atoms with Crippen molar-refractivity contribution in [1.29, 1.82) is 0 Å². The molecule has 0 saturated carbocycles. The van der Waals surface area contributed by atoms with Gasteiger partial charge in [-0.25, -0.2) is 0 Å². The highest BCUT2D eigenvalue weighted by Gasteiger charge is 2.16. The van der Waals surface area contributed by atoms with Crippen molar-refractivity contribution < 1.29 is 9.47 Å². The molecule has 3 heteroatoms. The van der Waals surface area contributed by atoms with Crippen molar-refractivity contribution in [2.45, 2.75) is 25.3 Å². The molecule has 110 valence electrons. The average Bonchev–Trinajstić information content (AvgIpc) is 3.00. The van der Waals surface area contributed by atoms with Gasteiger partial charge in [-0.15, -0.1) is 0 Å². The van der Waals surface area contributed by atoms with Gasteiger partial charge in [-0.05, 0) is 53.6 Å². The van der Waals surface area contributed by atoms with Crippen LogP contribution >= 0.6 is 0 Å². The van der Waals surface area contributed by atoms with Gasteiger partial charge in [0.05, 0.1) is 20.3 Å². The first kappa shape index (κ1) is 14.0. The largest absolute Gasteiger partial charge is 0.493 e. The Morgan fingerprint density at radius 2 is 1.52 bits per heavy atom. The molecule has 2 aromatic rings. The molecule has 0 amide bonds. The first-order chi connectivity index (χ1) is 10.2. The van der Waals surface area contributed by atoms with E-state index in [0.29, 0.717) is 5.75 Å². The van der Waals surface area contributed by atoms with E-state index >= 15 is 0 Å². The van der Waals surface area contributed by atoms with Crippen molar-refractivity contribution in [3.05, 3.63) is 58.7 Å². The van der Waals surface area contributed by atoms with E-state index in [1.807, 2.05) is 18.2 Å². The number of aryl methyl sites for hydroxylation is 2. The van der Waals surface area contributed by atoms with Crippen LogP contribution in [0, 0.1) is 0 Å². The minimum absolute atomic E-state index is 0.143. The summed E-state index contributed by atoms with van der Waals surface area (Å²) in [7, 11) is 3.28. The Bertz CT molecular complexity index is 652. The number of hydrogen-bond acceptors (Lipinski definition) is 3. The monoisotopic (exact) mass is 283 g/mol. The molecule has 1 unspecified atom stereocenters. The van der Waals surface area contributed by atoms with Gasteiger partial charge in [0.2, 0.25) is 0 Å². The van der Waals surface area contributed by atoms with Crippen LogP contribution in [0.15, 0.2) is 36.4 Å². The fraction of sp³-hybridized carbons (Fsp3) is 0.333. The predicted octanol–water partition coefficient (Wildman–Crippen LogP) is 3.24. The maximum atomic E-state index is 6.43. The van der Waals surface area contributed by atoms with Gasteiger partial charge in [-0.3, -0.25) is 0 Å². The highest BCUT2D eigenvalue weighted by molar-refractivity contribution is 5.47. The van der Waals surface area contributed by atoms with Crippen LogP contribution in [0.2, 0.25) is 0 Å². The minimum atomic E-state index is -0.143. The molecule has 0 heterocycles. The molecule has 0 aromatic heterocycles. The lowest BCUT2D eigenvalue weighted by Gasteiger charge is -2.16. The first-order valence-electron chi connectivity index (χ1n) is 7.32. The van der Waals surface area contributed by atoms with Crippen molar-refractivity contribution in [2.24, 2.45) is 5.73 Å². The number of benzene rings is 2. The van der Waals surface area contributed by atoms with E-state index in [1.54, 1.807) is 14.2 Å². The second-order valence-electron chi connectivity index (χ2n) is 5.47. The Labute approximate surface area is 125 Å². The number of nitrogens with two attached hydrogens (primary N) is 1. The smallest absolute Gasteiger partial charge is 0.161 e. The number of rotatable bonds is 4. The van der Waals surface area contributed by atoms with Gasteiger partial charge < -0.3 is 15.2 Å². The summed E-state index contributed by atoms with van der Waals surface area (Å²) < 4.78 is 10.6. The van der Waals surface area contributed by atoms with Crippen LogP contribution in [0.25, 0.3) is 0 Å². The zero-order valence-corrected chi connectivity index (χ0v) is 12.6. The summed E-state index contributed by atoms with van der Waals surface area (Å²) in [4.78, 5) is 0. The van der Waals surface area contributed by atoms with Crippen LogP contribution in [0.1, 0.15) is 34.7 Å². The van der Waals surface area contributed by atoms with E-state index < -0.39 is 0 Å². The summed E-state index contributed by atoms with van der Waals surface area (Å²) in [5.41, 5.74) is 11.5. The zero-order valence-electron chi connectivity index (χ0n) is 12.6. The molecule has 0 saturated heterocycles. The molecule has 0 spiro atoms. The van der Waals surface area contributed by atoms with E-state index in [1.165, 1.54) is 30.4 Å². The molecule has 2 N–H and O–H groups in total. The summed E-state index contributed by atoms with van der Waals surface area (Å²) >= 11 is 0. The Hall–Kier alpha value is -2.00. The lowest BCUT2D eigenvalue weighted by molar-refractivity contribution is 0.354. The van der Waals surface area contributed by atoms with Gasteiger partial charge in [0, 0.05) is 0 Å². The molecule has 1 atom stereocenters. The van der Waals surface area contributed by atoms with Crippen molar-refractivity contribution in [1.82, 2.24) is 0 Å². The van der Waals surface area contributed by atoms with Gasteiger partial charge >= 0.3 is 0 Å². The fourth-order valence-corrected chi connectivity index (χ4v) is 3.02. The SMILES string of the molecule is COc1ccc(C(N)c2ccc3c(c2)CCC3)cc1OC. The summed E-state index contributed by atoms with van der Waals surface area (Å²) in [6.45, 7) is 0. The normalized spacial score (nSPS) is 14.6. The Morgan fingerprint density at radius 1 is 0.857 bits per heavy atom. The summed E-state index contributed by atoms with van der Waals surface area (Å²) in [5, 5.41) is 0. The van der Waals surface area contributed by atoms with Crippen LogP contribution in [0.5, 0.6) is 11.5 Å². The Kier molecular flexibility index (Phi) is 3.84. The molecule has 0 fully saturated rings. The minimum Gasteiger partial charge on any atom is -0.493 e. The molecule has 1 aliphatic carbocycles. The van der Waals surface area contributed by atoms with Gasteiger partial charge in [0.1, 0.15) is 0 Å². The molecule has 0 aliphatic heterocycles. The first-order valence-corrected chi connectivity index (χ1v) is 7.32. The van der Waals surface area contributed by atoms with Crippen LogP contribution in [-0.4, -0.2) is 14.2 Å². The lowest BCUT2D eigenvalue weighted by Crippen LogP contribution is -2.12. The molecule has 0 bridgehead atoms. The van der Waals surface area contributed by atoms with Gasteiger partial charge in [-0.2, -0.15) is 0 Å². The van der Waals surface area contributed by atoms with Gasteiger partial charge in [0.15, 0.2) is 11.5 Å². The highest BCUT2D eigenvalue weighted by atomic mass is 16.5. The van der Waals surface area contributed by atoms with E-state index in [9.17, 15) is 0 Å². The van der Waals surface area contributed by atoms with Gasteiger partial charge in [-0.1, -0.05) is 24.3 Å². The van der Waals surface area contributed by atoms with Crippen LogP contribution < -0.4 is 15.2 Å². The third kappa shape index (κ3) is 2.61. The number of hydrogen-bond donors (Lipinski definition) is 1. The third-order valence-electron chi connectivity index (χ3n) is 4.25. The summed E-state index contributed by atoms with van der Waals surface area (Å²) in [5.74, 6) is 1.44. The Balaban J connectivity index is 1.93. The molecular formula is C18H21NO2. The second kappa shape index (κ2) is 5.78. The van der Waals surface area contributed by atoms with E-state index in [0.717, 1.165) is 16.9 Å². The van der Waals surface area contributed by atoms with E-state index in [4.69, 9.17) is 15.2 Å². The number of fused-ring (bicyclic) bond motifs is 1. The van der Waals surface area contributed by atoms with E-state index in [-0.39, 0.29) is 6.04 Å². The maximum Gasteiger partial charge on any atom is 0.161 e. The molecule has 1 aliphatic rings. The quantitative estimate of drug-likeness (QED) is 0.937. The molecule has 3 nitrogen and oxygen atoms in total. The van der Waals surface area contributed by atoms with Crippen LogP contribution in [0.4, 0.5) is 0 Å². The standard InChI is InChI=1S/C18H21NO2/c1-20-16-9-8-15(11-17(16)21-2)18(19)14-7-6-12-4-3-5-13(12)10-14/h6-11,18H,3-5,19H2,1-2H3. The van der Waals surface area contributed by atoms with Crippen LogP contribution in [-0.2, 0) is 12.8 Å². The average molecular weight is 283 g/mol. The maximum absolute atomic E-state index is 6.43. The third-order valence-corrected chi connectivity index (χ3v) is 4.25. The fourth-order valence-electron chi connectivity index (χ4n) is 3.02. The van der Waals surface area contributed by atoms with Crippen molar-refractivity contribution in [2.75, 3.05) is 14.2 Å².